The van der Waals surface area contributed by atoms with Crippen molar-refractivity contribution in [1.29, 1.82) is 0 Å². The number of aromatic amines is 1. The molecular weight excluding hydrogens is 236 g/mol. The minimum absolute atomic E-state index is 0.356. The SMILES string of the molecule is C[C@@H](NC(=O)OC(C)(C)C)C(=O)Nc1ccn[nH]1. The summed E-state index contributed by atoms with van der Waals surface area (Å²) >= 11 is 0. The number of nitrogens with one attached hydrogen (secondary N) is 3. The molecule has 7 nitrogen and oxygen atoms in total. The minimum Gasteiger partial charge on any atom is -0.444 e. The molecule has 0 aliphatic carbocycles. The molecule has 3 N–H and O–H groups in total. The summed E-state index contributed by atoms with van der Waals surface area (Å²) in [5.41, 5.74) is -0.594. The lowest BCUT2D eigenvalue weighted by Gasteiger charge is -2.21. The molecule has 0 aliphatic heterocycles. The van der Waals surface area contributed by atoms with E-state index in [1.54, 1.807) is 33.8 Å². The van der Waals surface area contributed by atoms with E-state index in [9.17, 15) is 9.59 Å². The number of alkyl carbamates (subject to hydrolysis) is 1. The zero-order valence-corrected chi connectivity index (χ0v) is 10.9. The number of anilines is 1. The third kappa shape index (κ3) is 4.86. The highest BCUT2D eigenvalue weighted by Crippen LogP contribution is 2.07. The largest absolute Gasteiger partial charge is 0.444 e. The first-order valence-electron chi connectivity index (χ1n) is 5.58. The van der Waals surface area contributed by atoms with Gasteiger partial charge >= 0.3 is 6.09 Å². The van der Waals surface area contributed by atoms with Gasteiger partial charge in [-0.05, 0) is 27.7 Å². The number of H-pyrrole nitrogens is 1. The standard InChI is InChI=1S/C11H18N4O3/c1-7(13-10(17)18-11(2,3)4)9(16)14-8-5-6-12-15-8/h5-7H,1-4H3,(H,13,17)(H2,12,14,15,16)/t7-/m1/s1. The first kappa shape index (κ1) is 14.0. The second kappa shape index (κ2) is 5.52. The van der Waals surface area contributed by atoms with Gasteiger partial charge in [0.15, 0.2) is 0 Å². The molecule has 0 saturated carbocycles. The van der Waals surface area contributed by atoms with Crippen LogP contribution in [0.2, 0.25) is 0 Å². The molecule has 0 unspecified atom stereocenters. The van der Waals surface area contributed by atoms with Crippen molar-refractivity contribution in [2.45, 2.75) is 39.3 Å². The lowest BCUT2D eigenvalue weighted by atomic mass is 10.2. The molecule has 18 heavy (non-hydrogen) atoms. The number of hydrogen-bond acceptors (Lipinski definition) is 4. The predicted molar refractivity (Wildman–Crippen MR) is 66.0 cm³/mol. The summed E-state index contributed by atoms with van der Waals surface area (Å²) in [6, 6.07) is 0.904. The lowest BCUT2D eigenvalue weighted by molar-refractivity contribution is -0.117. The van der Waals surface area contributed by atoms with E-state index >= 15 is 0 Å². The van der Waals surface area contributed by atoms with E-state index in [0.717, 1.165) is 0 Å². The first-order valence-corrected chi connectivity index (χ1v) is 5.58. The van der Waals surface area contributed by atoms with Crippen molar-refractivity contribution in [3.8, 4) is 0 Å². The zero-order chi connectivity index (χ0) is 13.8. The van der Waals surface area contributed by atoms with Crippen LogP contribution in [0.5, 0.6) is 0 Å². The van der Waals surface area contributed by atoms with Crippen LogP contribution >= 0.6 is 0 Å². The van der Waals surface area contributed by atoms with Gasteiger partial charge in [0, 0.05) is 6.07 Å². The van der Waals surface area contributed by atoms with E-state index in [4.69, 9.17) is 4.74 Å². The molecule has 1 heterocycles. The third-order valence-corrected chi connectivity index (χ3v) is 1.89. The van der Waals surface area contributed by atoms with Crippen LogP contribution in [0, 0.1) is 0 Å². The maximum atomic E-state index is 11.7. The Kier molecular flexibility index (Phi) is 4.30. The molecule has 7 heteroatoms. The Morgan fingerprint density at radius 1 is 1.44 bits per heavy atom. The Morgan fingerprint density at radius 2 is 2.11 bits per heavy atom. The second-order valence-electron chi connectivity index (χ2n) is 4.83. The van der Waals surface area contributed by atoms with Crippen LogP contribution in [-0.4, -0.2) is 33.8 Å². The maximum Gasteiger partial charge on any atom is 0.408 e. The van der Waals surface area contributed by atoms with Crippen LogP contribution in [0.3, 0.4) is 0 Å². The molecule has 0 aromatic carbocycles. The fraction of sp³-hybridized carbons (Fsp3) is 0.545. The highest BCUT2D eigenvalue weighted by molar-refractivity contribution is 5.95. The molecule has 0 bridgehead atoms. The summed E-state index contributed by atoms with van der Waals surface area (Å²) < 4.78 is 5.04. The molecule has 0 saturated heterocycles. The monoisotopic (exact) mass is 254 g/mol. The van der Waals surface area contributed by atoms with Crippen LogP contribution in [0.15, 0.2) is 12.3 Å². The second-order valence-corrected chi connectivity index (χ2v) is 4.83. The average molecular weight is 254 g/mol. The number of ether oxygens (including phenoxy) is 1. The predicted octanol–water partition coefficient (Wildman–Crippen LogP) is 1.26. The van der Waals surface area contributed by atoms with Crippen molar-refractivity contribution < 1.29 is 14.3 Å². The molecule has 1 atom stereocenters. The van der Waals surface area contributed by atoms with Crippen LogP contribution in [0.25, 0.3) is 0 Å². The molecular formula is C11H18N4O3. The van der Waals surface area contributed by atoms with Crippen molar-refractivity contribution in [3.63, 3.8) is 0 Å². The number of carbonyl (C=O) groups excluding carboxylic acids is 2. The number of aromatic nitrogens is 2. The summed E-state index contributed by atoms with van der Waals surface area (Å²) in [6.07, 6.45) is 0.886. The third-order valence-electron chi connectivity index (χ3n) is 1.89. The smallest absolute Gasteiger partial charge is 0.408 e. The van der Waals surface area contributed by atoms with E-state index in [0.29, 0.717) is 5.82 Å². The van der Waals surface area contributed by atoms with Gasteiger partial charge in [0.25, 0.3) is 0 Å². The highest BCUT2D eigenvalue weighted by Gasteiger charge is 2.21. The number of carbonyl (C=O) groups is 2. The molecule has 1 rings (SSSR count). The average Bonchev–Trinajstić information content (AvgIpc) is 2.66. The van der Waals surface area contributed by atoms with Gasteiger partial charge in [0.1, 0.15) is 17.5 Å². The zero-order valence-electron chi connectivity index (χ0n) is 10.9. The number of nitrogens with zero attached hydrogens (tertiary/aromatic N) is 1. The van der Waals surface area contributed by atoms with Crippen molar-refractivity contribution in [1.82, 2.24) is 15.5 Å². The topological polar surface area (TPSA) is 96.1 Å². The van der Waals surface area contributed by atoms with Gasteiger partial charge in [-0.25, -0.2) is 4.79 Å². The van der Waals surface area contributed by atoms with Crippen molar-refractivity contribution in [2.24, 2.45) is 0 Å². The Labute approximate surface area is 105 Å². The van der Waals surface area contributed by atoms with E-state index in [2.05, 4.69) is 20.8 Å². The number of rotatable bonds is 3. The maximum absolute atomic E-state index is 11.7. The van der Waals surface area contributed by atoms with Gasteiger partial charge in [-0.2, -0.15) is 5.10 Å². The van der Waals surface area contributed by atoms with Gasteiger partial charge in [0.05, 0.1) is 6.20 Å². The van der Waals surface area contributed by atoms with E-state index in [-0.39, 0.29) is 5.91 Å². The van der Waals surface area contributed by atoms with Gasteiger partial charge < -0.3 is 15.4 Å². The van der Waals surface area contributed by atoms with Crippen LogP contribution in [0.1, 0.15) is 27.7 Å². The highest BCUT2D eigenvalue weighted by atomic mass is 16.6. The summed E-state index contributed by atoms with van der Waals surface area (Å²) in [5, 5.41) is 11.3. The first-order chi connectivity index (χ1) is 8.28. The molecule has 0 spiro atoms. The van der Waals surface area contributed by atoms with E-state index in [1.807, 2.05) is 0 Å². The fourth-order valence-corrected chi connectivity index (χ4v) is 1.12. The molecule has 0 aliphatic rings. The summed E-state index contributed by atoms with van der Waals surface area (Å²) in [7, 11) is 0. The van der Waals surface area contributed by atoms with Gasteiger partial charge in [-0.3, -0.25) is 9.89 Å². The van der Waals surface area contributed by atoms with Crippen molar-refractivity contribution in [2.75, 3.05) is 5.32 Å². The Balaban J connectivity index is 2.42. The Morgan fingerprint density at radius 3 is 2.61 bits per heavy atom. The minimum atomic E-state index is -0.705. The van der Waals surface area contributed by atoms with Crippen molar-refractivity contribution in [3.05, 3.63) is 12.3 Å². The summed E-state index contributed by atoms with van der Waals surface area (Å²) in [6.45, 7) is 6.82. The van der Waals surface area contributed by atoms with Crippen LogP contribution in [0.4, 0.5) is 10.6 Å². The van der Waals surface area contributed by atoms with E-state index < -0.39 is 17.7 Å². The number of hydrogen-bond donors (Lipinski definition) is 3. The normalized spacial score (nSPS) is 12.7. The molecule has 2 amide bonds. The van der Waals surface area contributed by atoms with Gasteiger partial charge in [-0.1, -0.05) is 0 Å². The molecule has 0 radical (unpaired) electrons. The Bertz CT molecular complexity index is 408. The van der Waals surface area contributed by atoms with Crippen LogP contribution < -0.4 is 10.6 Å². The summed E-state index contributed by atoms with van der Waals surface area (Å²) in [5.74, 6) is 0.114. The van der Waals surface area contributed by atoms with Gasteiger partial charge in [0.2, 0.25) is 5.91 Å². The fourth-order valence-electron chi connectivity index (χ4n) is 1.12. The quantitative estimate of drug-likeness (QED) is 0.756. The molecule has 0 fully saturated rings. The summed E-state index contributed by atoms with van der Waals surface area (Å²) in [4.78, 5) is 23.1. The Hall–Kier alpha value is -2.05. The van der Waals surface area contributed by atoms with Crippen LogP contribution in [-0.2, 0) is 9.53 Å². The number of amides is 2. The van der Waals surface area contributed by atoms with Crippen molar-refractivity contribution >= 4 is 17.8 Å². The van der Waals surface area contributed by atoms with E-state index in [1.165, 1.54) is 6.20 Å². The molecule has 100 valence electrons. The lowest BCUT2D eigenvalue weighted by Crippen LogP contribution is -2.44. The molecule has 1 aromatic rings. The molecule has 1 aromatic heterocycles. The van der Waals surface area contributed by atoms with Gasteiger partial charge in [-0.15, -0.1) is 0 Å².